The van der Waals surface area contributed by atoms with Crippen LogP contribution in [0.5, 0.6) is 0 Å². The first-order chi connectivity index (χ1) is 6.25. The van der Waals surface area contributed by atoms with Crippen molar-refractivity contribution in [3.05, 3.63) is 23.8 Å². The normalized spacial score (nSPS) is 13.2. The van der Waals surface area contributed by atoms with Crippen molar-refractivity contribution in [2.24, 2.45) is 5.73 Å². The number of hydrogen-bond acceptors (Lipinski definition) is 3. The topological polar surface area (TPSA) is 50.1 Å². The summed E-state index contributed by atoms with van der Waals surface area (Å²) in [6.45, 7) is 0. The molecule has 68 valence electrons. The molecule has 1 aliphatic rings. The van der Waals surface area contributed by atoms with Crippen LogP contribution in [-0.2, 0) is 5.75 Å². The lowest BCUT2D eigenvalue weighted by Crippen LogP contribution is -2.18. The maximum atomic E-state index is 5.36. The standard InChI is InChI=1S/C8H9N3S2/c9-8(12)10-6-2-1-5-4-13-11-7(5)3-6/h1-3,11H,4H2,(H3,9,10,12). The molecule has 5 heteroatoms. The quantitative estimate of drug-likeness (QED) is 0.489. The Kier molecular flexibility index (Phi) is 2.28. The maximum absolute atomic E-state index is 5.36. The average molecular weight is 211 g/mol. The summed E-state index contributed by atoms with van der Waals surface area (Å²) in [4.78, 5) is 0. The summed E-state index contributed by atoms with van der Waals surface area (Å²) >= 11 is 6.44. The third kappa shape index (κ3) is 1.87. The first-order valence-electron chi connectivity index (χ1n) is 3.83. The number of nitrogens with one attached hydrogen (secondary N) is 2. The highest BCUT2D eigenvalue weighted by Gasteiger charge is 2.10. The molecule has 0 aromatic heterocycles. The first kappa shape index (κ1) is 8.65. The van der Waals surface area contributed by atoms with E-state index in [4.69, 9.17) is 18.0 Å². The predicted molar refractivity (Wildman–Crippen MR) is 61.8 cm³/mol. The van der Waals surface area contributed by atoms with E-state index in [1.807, 2.05) is 12.1 Å². The summed E-state index contributed by atoms with van der Waals surface area (Å²) in [5.41, 5.74) is 8.76. The summed E-state index contributed by atoms with van der Waals surface area (Å²) in [6.07, 6.45) is 0. The molecule has 0 bridgehead atoms. The van der Waals surface area contributed by atoms with E-state index in [-0.39, 0.29) is 0 Å². The van der Waals surface area contributed by atoms with Crippen LogP contribution in [0.3, 0.4) is 0 Å². The van der Waals surface area contributed by atoms with Gasteiger partial charge in [-0.05, 0) is 41.9 Å². The van der Waals surface area contributed by atoms with Gasteiger partial charge in [0, 0.05) is 11.4 Å². The van der Waals surface area contributed by atoms with Crippen LogP contribution in [0.15, 0.2) is 18.2 Å². The Morgan fingerprint density at radius 2 is 2.46 bits per heavy atom. The molecule has 0 fully saturated rings. The molecule has 0 amide bonds. The molecule has 0 unspecified atom stereocenters. The van der Waals surface area contributed by atoms with E-state index >= 15 is 0 Å². The monoisotopic (exact) mass is 211 g/mol. The zero-order chi connectivity index (χ0) is 9.26. The summed E-state index contributed by atoms with van der Waals surface area (Å²) in [7, 11) is 0. The molecule has 2 rings (SSSR count). The summed E-state index contributed by atoms with van der Waals surface area (Å²) in [5.74, 6) is 1.02. The van der Waals surface area contributed by atoms with Gasteiger partial charge in [0.05, 0.1) is 5.69 Å². The van der Waals surface area contributed by atoms with E-state index < -0.39 is 0 Å². The van der Waals surface area contributed by atoms with E-state index in [1.54, 1.807) is 11.9 Å². The highest BCUT2D eigenvalue weighted by molar-refractivity contribution is 8.00. The van der Waals surface area contributed by atoms with E-state index in [0.29, 0.717) is 5.11 Å². The number of thiocarbonyl (C=S) groups is 1. The summed E-state index contributed by atoms with van der Waals surface area (Å²) < 4.78 is 3.21. The molecule has 0 radical (unpaired) electrons. The Bertz CT molecular complexity index is 351. The molecule has 1 aromatic carbocycles. The van der Waals surface area contributed by atoms with Gasteiger partial charge in [0.1, 0.15) is 0 Å². The van der Waals surface area contributed by atoms with Crippen LogP contribution in [0.4, 0.5) is 11.4 Å². The van der Waals surface area contributed by atoms with Crippen molar-refractivity contribution in [2.45, 2.75) is 5.75 Å². The van der Waals surface area contributed by atoms with E-state index in [0.717, 1.165) is 17.1 Å². The van der Waals surface area contributed by atoms with Gasteiger partial charge in [-0.15, -0.1) is 0 Å². The summed E-state index contributed by atoms with van der Waals surface area (Å²) in [5, 5.41) is 3.19. The van der Waals surface area contributed by atoms with Crippen LogP contribution in [0.2, 0.25) is 0 Å². The van der Waals surface area contributed by atoms with Gasteiger partial charge in [-0.3, -0.25) is 0 Å². The van der Waals surface area contributed by atoms with Gasteiger partial charge < -0.3 is 15.8 Å². The molecular formula is C8H9N3S2. The van der Waals surface area contributed by atoms with Crippen LogP contribution in [-0.4, -0.2) is 5.11 Å². The van der Waals surface area contributed by atoms with Crippen molar-refractivity contribution in [3.63, 3.8) is 0 Å². The van der Waals surface area contributed by atoms with Crippen molar-refractivity contribution in [2.75, 3.05) is 10.0 Å². The zero-order valence-corrected chi connectivity index (χ0v) is 8.47. The highest BCUT2D eigenvalue weighted by Crippen LogP contribution is 2.32. The fraction of sp³-hybridized carbons (Fsp3) is 0.125. The molecule has 3 nitrogen and oxygen atoms in total. The minimum Gasteiger partial charge on any atom is -0.376 e. The SMILES string of the molecule is NC(=S)Nc1ccc2c(c1)NSC2. The van der Waals surface area contributed by atoms with Gasteiger partial charge >= 0.3 is 0 Å². The third-order valence-electron chi connectivity index (χ3n) is 1.79. The smallest absolute Gasteiger partial charge is 0.168 e. The van der Waals surface area contributed by atoms with Crippen LogP contribution >= 0.6 is 24.2 Å². The van der Waals surface area contributed by atoms with Crippen LogP contribution in [0, 0.1) is 0 Å². The fourth-order valence-corrected chi connectivity index (χ4v) is 2.15. The lowest BCUT2D eigenvalue weighted by molar-refractivity contribution is 1.46. The number of nitrogens with two attached hydrogens (primary N) is 1. The molecule has 1 aliphatic heterocycles. The molecule has 0 saturated heterocycles. The molecule has 0 aliphatic carbocycles. The van der Waals surface area contributed by atoms with Crippen LogP contribution in [0.25, 0.3) is 0 Å². The molecule has 4 N–H and O–H groups in total. The highest BCUT2D eigenvalue weighted by atomic mass is 32.2. The number of rotatable bonds is 1. The van der Waals surface area contributed by atoms with Crippen LogP contribution in [0.1, 0.15) is 5.56 Å². The Labute approximate surface area is 86.2 Å². The van der Waals surface area contributed by atoms with Crippen molar-refractivity contribution >= 4 is 40.7 Å². The summed E-state index contributed by atoms with van der Waals surface area (Å²) in [6, 6.07) is 6.06. The fourth-order valence-electron chi connectivity index (χ4n) is 1.21. The second-order valence-corrected chi connectivity index (χ2v) is 3.97. The van der Waals surface area contributed by atoms with E-state index in [9.17, 15) is 0 Å². The number of fused-ring (bicyclic) bond motifs is 1. The molecule has 1 heterocycles. The van der Waals surface area contributed by atoms with Crippen molar-refractivity contribution in [1.82, 2.24) is 0 Å². The van der Waals surface area contributed by atoms with Crippen LogP contribution < -0.4 is 15.8 Å². The van der Waals surface area contributed by atoms with Crippen molar-refractivity contribution < 1.29 is 0 Å². The number of benzene rings is 1. The van der Waals surface area contributed by atoms with Crippen molar-refractivity contribution in [3.8, 4) is 0 Å². The zero-order valence-electron chi connectivity index (χ0n) is 6.83. The van der Waals surface area contributed by atoms with E-state index in [2.05, 4.69) is 16.1 Å². The minimum absolute atomic E-state index is 0.297. The third-order valence-corrected chi connectivity index (χ3v) is 2.71. The molecule has 0 atom stereocenters. The number of hydrogen-bond donors (Lipinski definition) is 3. The lowest BCUT2D eigenvalue weighted by Gasteiger charge is -2.05. The molecular weight excluding hydrogens is 202 g/mol. The Morgan fingerprint density at radius 3 is 3.23 bits per heavy atom. The molecule has 0 saturated carbocycles. The Balaban J connectivity index is 2.25. The number of anilines is 2. The maximum Gasteiger partial charge on any atom is 0.168 e. The van der Waals surface area contributed by atoms with Gasteiger partial charge in [0.25, 0.3) is 0 Å². The van der Waals surface area contributed by atoms with Gasteiger partial charge in [-0.1, -0.05) is 6.07 Å². The second-order valence-electron chi connectivity index (χ2n) is 2.75. The lowest BCUT2D eigenvalue weighted by atomic mass is 10.2. The van der Waals surface area contributed by atoms with Gasteiger partial charge in [-0.25, -0.2) is 0 Å². The van der Waals surface area contributed by atoms with Gasteiger partial charge in [0.2, 0.25) is 0 Å². The van der Waals surface area contributed by atoms with E-state index in [1.165, 1.54) is 5.56 Å². The van der Waals surface area contributed by atoms with Crippen molar-refractivity contribution in [1.29, 1.82) is 0 Å². The predicted octanol–water partition coefficient (Wildman–Crippen LogP) is 1.92. The first-order valence-corrected chi connectivity index (χ1v) is 5.22. The molecule has 13 heavy (non-hydrogen) atoms. The largest absolute Gasteiger partial charge is 0.376 e. The minimum atomic E-state index is 0.297. The second kappa shape index (κ2) is 3.43. The Hall–Kier alpha value is -0.940. The average Bonchev–Trinajstić information content (AvgIpc) is 2.49. The molecule has 0 spiro atoms. The molecule has 1 aromatic rings. The van der Waals surface area contributed by atoms with Gasteiger partial charge in [0.15, 0.2) is 5.11 Å². The Morgan fingerprint density at radius 1 is 1.62 bits per heavy atom. The van der Waals surface area contributed by atoms with Gasteiger partial charge in [-0.2, -0.15) is 0 Å².